The van der Waals surface area contributed by atoms with Gasteiger partial charge in [0.2, 0.25) is 10.0 Å². The lowest BCUT2D eigenvalue weighted by atomic mass is 10.2. The minimum absolute atomic E-state index is 0.0358. The van der Waals surface area contributed by atoms with E-state index in [2.05, 4.69) is 10.0 Å². The maximum absolute atomic E-state index is 12.2. The third kappa shape index (κ3) is 3.78. The van der Waals surface area contributed by atoms with Gasteiger partial charge < -0.3 is 5.32 Å². The second kappa shape index (κ2) is 6.66. The molecule has 5 nitrogen and oxygen atoms in total. The molecular weight excluding hydrogens is 347 g/mol. The molecule has 0 atom stereocenters. The predicted molar refractivity (Wildman–Crippen MR) is 87.1 cm³/mol. The first-order chi connectivity index (χ1) is 10.3. The molecule has 0 spiro atoms. The number of carbonyl (C=O) groups excluding carboxylic acids is 1. The van der Waals surface area contributed by atoms with Crippen LogP contribution in [0.1, 0.15) is 10.4 Å². The molecule has 8 heteroatoms. The molecule has 2 rings (SSSR count). The van der Waals surface area contributed by atoms with Gasteiger partial charge in [0.25, 0.3) is 5.91 Å². The number of nitrogens with one attached hydrogen (secondary N) is 2. The summed E-state index contributed by atoms with van der Waals surface area (Å²) in [5.41, 5.74) is 0.670. The van der Waals surface area contributed by atoms with Crippen molar-refractivity contribution < 1.29 is 13.2 Å². The summed E-state index contributed by atoms with van der Waals surface area (Å²) in [5.74, 6) is -0.466. The number of rotatable bonds is 4. The van der Waals surface area contributed by atoms with E-state index >= 15 is 0 Å². The van der Waals surface area contributed by atoms with E-state index in [-0.39, 0.29) is 15.5 Å². The Morgan fingerprint density at radius 3 is 2.45 bits per heavy atom. The summed E-state index contributed by atoms with van der Waals surface area (Å²) >= 11 is 11.7. The number of halogens is 2. The average molecular weight is 359 g/mol. The molecule has 0 saturated heterocycles. The number of sulfonamides is 1. The zero-order chi connectivity index (χ0) is 16.3. The molecule has 0 saturated carbocycles. The Labute approximate surface area is 138 Å². The minimum Gasteiger partial charge on any atom is -0.322 e. The number of carbonyl (C=O) groups is 1. The topological polar surface area (TPSA) is 75.3 Å². The van der Waals surface area contributed by atoms with Crippen LogP contribution in [-0.2, 0) is 10.0 Å². The Balaban J connectivity index is 2.33. The molecule has 0 unspecified atom stereocenters. The zero-order valence-electron chi connectivity index (χ0n) is 11.4. The molecule has 0 fully saturated rings. The highest BCUT2D eigenvalue weighted by Gasteiger charge is 2.18. The van der Waals surface area contributed by atoms with Crippen LogP contribution < -0.4 is 10.0 Å². The van der Waals surface area contributed by atoms with Gasteiger partial charge in [-0.2, -0.15) is 0 Å². The molecule has 2 aromatic rings. The van der Waals surface area contributed by atoms with Crippen molar-refractivity contribution >= 4 is 44.8 Å². The van der Waals surface area contributed by atoms with Crippen molar-refractivity contribution in [2.24, 2.45) is 0 Å². The molecular formula is C14H12Cl2N2O3S. The first-order valence-corrected chi connectivity index (χ1v) is 8.37. The number of hydrogen-bond acceptors (Lipinski definition) is 3. The van der Waals surface area contributed by atoms with Gasteiger partial charge in [0.1, 0.15) is 4.90 Å². The Hall–Kier alpha value is -1.60. The van der Waals surface area contributed by atoms with Crippen molar-refractivity contribution in [2.45, 2.75) is 4.90 Å². The largest absolute Gasteiger partial charge is 0.322 e. The molecule has 2 aromatic carbocycles. The fourth-order valence-corrected chi connectivity index (χ4v) is 3.17. The summed E-state index contributed by atoms with van der Waals surface area (Å²) in [4.78, 5) is 12.0. The molecule has 22 heavy (non-hydrogen) atoms. The van der Waals surface area contributed by atoms with Crippen LogP contribution in [0.15, 0.2) is 47.4 Å². The average Bonchev–Trinajstić information content (AvgIpc) is 2.47. The third-order valence-corrected chi connectivity index (χ3v) is 4.97. The van der Waals surface area contributed by atoms with E-state index < -0.39 is 15.9 Å². The quantitative estimate of drug-likeness (QED) is 0.881. The smallest absolute Gasteiger partial charge is 0.255 e. The van der Waals surface area contributed by atoms with Crippen LogP contribution in [0, 0.1) is 0 Å². The van der Waals surface area contributed by atoms with Crippen LogP contribution in [0.25, 0.3) is 0 Å². The van der Waals surface area contributed by atoms with E-state index in [9.17, 15) is 13.2 Å². The van der Waals surface area contributed by atoms with Gasteiger partial charge in [-0.3, -0.25) is 4.79 Å². The van der Waals surface area contributed by atoms with E-state index in [0.29, 0.717) is 10.7 Å². The van der Waals surface area contributed by atoms with E-state index in [1.165, 1.54) is 25.2 Å². The summed E-state index contributed by atoms with van der Waals surface area (Å²) in [6, 6.07) is 10.6. The fraction of sp³-hybridized carbons (Fsp3) is 0.0714. The summed E-state index contributed by atoms with van der Waals surface area (Å²) < 4.78 is 25.9. The normalized spacial score (nSPS) is 11.2. The Kier molecular flexibility index (Phi) is 5.08. The SMILES string of the molecule is CNS(=O)(=O)c1cc(C(=O)Nc2cccc(Cl)c2)ccc1Cl. The van der Waals surface area contributed by atoms with E-state index in [1.807, 2.05) is 0 Å². The van der Waals surface area contributed by atoms with Crippen LogP contribution in [0.5, 0.6) is 0 Å². The van der Waals surface area contributed by atoms with Gasteiger partial charge in [-0.15, -0.1) is 0 Å². The fourth-order valence-electron chi connectivity index (χ4n) is 1.73. The summed E-state index contributed by atoms with van der Waals surface area (Å²) in [6.45, 7) is 0. The summed E-state index contributed by atoms with van der Waals surface area (Å²) in [5, 5.41) is 3.15. The first kappa shape index (κ1) is 16.8. The Morgan fingerprint density at radius 2 is 1.82 bits per heavy atom. The molecule has 0 aromatic heterocycles. The van der Waals surface area contributed by atoms with Crippen LogP contribution in [0.3, 0.4) is 0 Å². The van der Waals surface area contributed by atoms with E-state index in [0.717, 1.165) is 0 Å². The molecule has 2 N–H and O–H groups in total. The first-order valence-electron chi connectivity index (χ1n) is 6.13. The van der Waals surface area contributed by atoms with Crippen molar-refractivity contribution in [1.29, 1.82) is 0 Å². The van der Waals surface area contributed by atoms with Crippen LogP contribution in [-0.4, -0.2) is 21.4 Å². The van der Waals surface area contributed by atoms with E-state index in [4.69, 9.17) is 23.2 Å². The second-order valence-electron chi connectivity index (χ2n) is 4.32. The minimum atomic E-state index is -3.75. The van der Waals surface area contributed by atoms with Gasteiger partial charge in [0.05, 0.1) is 5.02 Å². The number of hydrogen-bond donors (Lipinski definition) is 2. The van der Waals surface area contributed by atoms with Gasteiger partial charge in [0, 0.05) is 16.3 Å². The highest BCUT2D eigenvalue weighted by atomic mass is 35.5. The lowest BCUT2D eigenvalue weighted by Crippen LogP contribution is -2.20. The van der Waals surface area contributed by atoms with Crippen molar-refractivity contribution in [1.82, 2.24) is 4.72 Å². The Morgan fingerprint density at radius 1 is 1.09 bits per heavy atom. The lowest BCUT2D eigenvalue weighted by molar-refractivity contribution is 0.102. The molecule has 0 aliphatic rings. The molecule has 0 radical (unpaired) electrons. The van der Waals surface area contributed by atoms with Crippen LogP contribution in [0.2, 0.25) is 10.0 Å². The summed E-state index contributed by atoms with van der Waals surface area (Å²) in [6.07, 6.45) is 0. The molecule has 0 aliphatic heterocycles. The van der Waals surface area contributed by atoms with Gasteiger partial charge in [-0.25, -0.2) is 13.1 Å². The zero-order valence-corrected chi connectivity index (χ0v) is 13.8. The molecule has 0 bridgehead atoms. The van der Waals surface area contributed by atoms with Gasteiger partial charge in [-0.05, 0) is 43.4 Å². The molecule has 1 amide bonds. The van der Waals surface area contributed by atoms with Gasteiger partial charge in [0.15, 0.2) is 0 Å². The van der Waals surface area contributed by atoms with Crippen molar-refractivity contribution in [2.75, 3.05) is 12.4 Å². The van der Waals surface area contributed by atoms with Crippen molar-refractivity contribution in [3.63, 3.8) is 0 Å². The van der Waals surface area contributed by atoms with Crippen LogP contribution in [0.4, 0.5) is 5.69 Å². The molecule has 0 heterocycles. The number of amides is 1. The maximum atomic E-state index is 12.2. The third-order valence-electron chi connectivity index (χ3n) is 2.83. The number of anilines is 1. The standard InChI is InChI=1S/C14H12Cl2N2O3S/c1-17-22(20,21)13-7-9(5-6-12(13)16)14(19)18-11-4-2-3-10(15)8-11/h2-8,17H,1H3,(H,18,19). The summed E-state index contributed by atoms with van der Waals surface area (Å²) in [7, 11) is -2.48. The van der Waals surface area contributed by atoms with Crippen molar-refractivity contribution in [3.05, 3.63) is 58.1 Å². The Bertz CT molecular complexity index is 823. The molecule has 0 aliphatic carbocycles. The second-order valence-corrected chi connectivity index (χ2v) is 7.02. The lowest BCUT2D eigenvalue weighted by Gasteiger charge is -2.09. The maximum Gasteiger partial charge on any atom is 0.255 e. The van der Waals surface area contributed by atoms with Crippen molar-refractivity contribution in [3.8, 4) is 0 Å². The predicted octanol–water partition coefficient (Wildman–Crippen LogP) is 3.15. The van der Waals surface area contributed by atoms with Gasteiger partial charge >= 0.3 is 0 Å². The van der Waals surface area contributed by atoms with E-state index in [1.54, 1.807) is 24.3 Å². The van der Waals surface area contributed by atoms with Crippen LogP contribution >= 0.6 is 23.2 Å². The van der Waals surface area contributed by atoms with Gasteiger partial charge in [-0.1, -0.05) is 29.3 Å². The molecule has 116 valence electrons. The highest BCUT2D eigenvalue weighted by Crippen LogP contribution is 2.23. The highest BCUT2D eigenvalue weighted by molar-refractivity contribution is 7.89. The monoisotopic (exact) mass is 358 g/mol. The number of benzene rings is 2.